The Hall–Kier alpha value is -0.570. The summed E-state index contributed by atoms with van der Waals surface area (Å²) < 4.78 is 0. The molecule has 0 aromatic rings. The molecule has 0 heterocycles. The van der Waals surface area contributed by atoms with Gasteiger partial charge in [0.15, 0.2) is 0 Å². The first kappa shape index (κ1) is 11.9. The number of nitrogens with one attached hydrogen (secondary N) is 1. The van der Waals surface area contributed by atoms with Crippen LogP contribution in [0.25, 0.3) is 0 Å². The fraction of sp³-hybridized carbons (Fsp3) is 0.923. The van der Waals surface area contributed by atoms with E-state index in [-0.39, 0.29) is 23.9 Å². The Morgan fingerprint density at radius 3 is 2.50 bits per heavy atom. The van der Waals surface area contributed by atoms with Crippen LogP contribution in [-0.2, 0) is 4.79 Å². The van der Waals surface area contributed by atoms with Crippen LogP contribution in [0.15, 0.2) is 0 Å². The first-order chi connectivity index (χ1) is 7.68. The van der Waals surface area contributed by atoms with Crippen molar-refractivity contribution < 1.29 is 4.79 Å². The number of hydrogen-bond donors (Lipinski definition) is 2. The molecule has 2 unspecified atom stereocenters. The molecule has 0 spiro atoms. The molecule has 2 rings (SSSR count). The molecule has 2 aliphatic carbocycles. The lowest BCUT2D eigenvalue weighted by Crippen LogP contribution is -2.51. The second-order valence-corrected chi connectivity index (χ2v) is 5.58. The van der Waals surface area contributed by atoms with E-state index in [2.05, 4.69) is 12.2 Å². The van der Waals surface area contributed by atoms with Gasteiger partial charge in [-0.05, 0) is 31.6 Å². The fourth-order valence-electron chi connectivity index (χ4n) is 3.16. The molecule has 16 heavy (non-hydrogen) atoms. The highest BCUT2D eigenvalue weighted by atomic mass is 16.2. The second kappa shape index (κ2) is 5.17. The smallest absolute Gasteiger partial charge is 0.223 e. The number of carbonyl (C=O) groups is 1. The molecule has 0 aromatic carbocycles. The zero-order valence-corrected chi connectivity index (χ0v) is 10.2. The Morgan fingerprint density at radius 1 is 1.12 bits per heavy atom. The molecule has 3 nitrogen and oxygen atoms in total. The minimum Gasteiger partial charge on any atom is -0.352 e. The summed E-state index contributed by atoms with van der Waals surface area (Å²) in [7, 11) is 0. The van der Waals surface area contributed by atoms with Gasteiger partial charge < -0.3 is 11.1 Å². The lowest BCUT2D eigenvalue weighted by Gasteiger charge is -2.30. The molecule has 92 valence electrons. The zero-order valence-electron chi connectivity index (χ0n) is 10.2. The highest BCUT2D eigenvalue weighted by molar-refractivity contribution is 5.79. The summed E-state index contributed by atoms with van der Waals surface area (Å²) >= 11 is 0. The molecule has 0 aromatic heterocycles. The third-order valence-electron chi connectivity index (χ3n) is 4.35. The first-order valence-corrected chi connectivity index (χ1v) is 6.74. The Balaban J connectivity index is 1.86. The highest BCUT2D eigenvalue weighted by Gasteiger charge is 2.32. The first-order valence-electron chi connectivity index (χ1n) is 6.74. The van der Waals surface area contributed by atoms with Crippen molar-refractivity contribution in [3.05, 3.63) is 0 Å². The number of rotatable bonds is 2. The molecule has 0 bridgehead atoms. The topological polar surface area (TPSA) is 55.1 Å². The van der Waals surface area contributed by atoms with E-state index in [0.29, 0.717) is 5.92 Å². The van der Waals surface area contributed by atoms with Crippen LogP contribution in [0.4, 0.5) is 0 Å². The van der Waals surface area contributed by atoms with Crippen molar-refractivity contribution in [3.63, 3.8) is 0 Å². The van der Waals surface area contributed by atoms with E-state index in [1.165, 1.54) is 25.7 Å². The zero-order chi connectivity index (χ0) is 11.5. The van der Waals surface area contributed by atoms with Gasteiger partial charge in [-0.25, -0.2) is 0 Å². The molecule has 3 heteroatoms. The van der Waals surface area contributed by atoms with Gasteiger partial charge in [-0.1, -0.05) is 26.2 Å². The standard InChI is InChI=1S/C13H24N2O/c1-9-5-4-6-10(9)13(16)15-12-8-3-2-7-11(12)14/h9-12H,2-8,14H2,1H3,(H,15,16)/t9?,10?,11-,12-/m1/s1. The number of hydrogen-bond acceptors (Lipinski definition) is 2. The van der Waals surface area contributed by atoms with Crippen molar-refractivity contribution in [3.8, 4) is 0 Å². The lowest BCUT2D eigenvalue weighted by atomic mass is 9.89. The Kier molecular flexibility index (Phi) is 3.85. The summed E-state index contributed by atoms with van der Waals surface area (Å²) in [5, 5.41) is 3.18. The van der Waals surface area contributed by atoms with Crippen molar-refractivity contribution in [2.24, 2.45) is 17.6 Å². The quantitative estimate of drug-likeness (QED) is 0.751. The lowest BCUT2D eigenvalue weighted by molar-refractivity contribution is -0.126. The van der Waals surface area contributed by atoms with Crippen LogP contribution in [0.1, 0.15) is 51.9 Å². The largest absolute Gasteiger partial charge is 0.352 e. The van der Waals surface area contributed by atoms with Crippen LogP contribution in [0.3, 0.4) is 0 Å². The number of amides is 1. The molecule has 2 aliphatic rings. The molecule has 0 saturated heterocycles. The van der Waals surface area contributed by atoms with E-state index in [0.717, 1.165) is 19.3 Å². The maximum absolute atomic E-state index is 12.1. The Morgan fingerprint density at radius 2 is 1.88 bits per heavy atom. The molecular weight excluding hydrogens is 200 g/mol. The fourth-order valence-corrected chi connectivity index (χ4v) is 3.16. The molecule has 0 aliphatic heterocycles. The van der Waals surface area contributed by atoms with Crippen LogP contribution < -0.4 is 11.1 Å². The van der Waals surface area contributed by atoms with Gasteiger partial charge >= 0.3 is 0 Å². The molecule has 2 fully saturated rings. The van der Waals surface area contributed by atoms with Crippen molar-refractivity contribution in [1.82, 2.24) is 5.32 Å². The predicted molar refractivity (Wildman–Crippen MR) is 64.9 cm³/mol. The third kappa shape index (κ3) is 2.57. The van der Waals surface area contributed by atoms with Crippen LogP contribution in [0.2, 0.25) is 0 Å². The molecule has 4 atom stereocenters. The van der Waals surface area contributed by atoms with Crippen molar-refractivity contribution in [2.45, 2.75) is 64.0 Å². The molecule has 3 N–H and O–H groups in total. The van der Waals surface area contributed by atoms with Gasteiger partial charge in [0.25, 0.3) is 0 Å². The SMILES string of the molecule is CC1CCCC1C(=O)N[C@@H]1CCCC[C@H]1N. The molecular formula is C13H24N2O. The van der Waals surface area contributed by atoms with Crippen molar-refractivity contribution in [2.75, 3.05) is 0 Å². The van der Waals surface area contributed by atoms with Crippen LogP contribution in [-0.4, -0.2) is 18.0 Å². The van der Waals surface area contributed by atoms with Crippen LogP contribution in [0, 0.1) is 11.8 Å². The maximum atomic E-state index is 12.1. The van der Waals surface area contributed by atoms with Crippen molar-refractivity contribution in [1.29, 1.82) is 0 Å². The summed E-state index contributed by atoms with van der Waals surface area (Å²) in [4.78, 5) is 12.1. The third-order valence-corrected chi connectivity index (χ3v) is 4.35. The summed E-state index contributed by atoms with van der Waals surface area (Å²) in [6, 6.07) is 0.406. The van der Waals surface area contributed by atoms with Gasteiger partial charge in [0.2, 0.25) is 5.91 Å². The van der Waals surface area contributed by atoms with Gasteiger partial charge in [-0.15, -0.1) is 0 Å². The minimum atomic E-state index is 0.175. The van der Waals surface area contributed by atoms with Gasteiger partial charge in [0, 0.05) is 18.0 Å². The normalized spacial score (nSPS) is 39.6. The average molecular weight is 224 g/mol. The van der Waals surface area contributed by atoms with E-state index in [1.807, 2.05) is 0 Å². The second-order valence-electron chi connectivity index (χ2n) is 5.58. The van der Waals surface area contributed by atoms with Crippen molar-refractivity contribution >= 4 is 5.91 Å². The summed E-state index contributed by atoms with van der Waals surface area (Å²) in [6.07, 6.45) is 8.02. The Labute approximate surface area is 98.2 Å². The summed E-state index contributed by atoms with van der Waals surface area (Å²) in [6.45, 7) is 2.19. The Bertz CT molecular complexity index is 254. The van der Waals surface area contributed by atoms with Gasteiger partial charge in [0.05, 0.1) is 0 Å². The predicted octanol–water partition coefficient (Wildman–Crippen LogP) is 1.81. The highest BCUT2D eigenvalue weighted by Crippen LogP contribution is 2.31. The van der Waals surface area contributed by atoms with Gasteiger partial charge in [0.1, 0.15) is 0 Å². The van der Waals surface area contributed by atoms with E-state index in [9.17, 15) is 4.79 Å². The number of carbonyl (C=O) groups excluding carboxylic acids is 1. The van der Waals surface area contributed by atoms with Gasteiger partial charge in [-0.2, -0.15) is 0 Å². The summed E-state index contributed by atoms with van der Waals surface area (Å²) in [5.41, 5.74) is 6.05. The molecule has 2 saturated carbocycles. The van der Waals surface area contributed by atoms with E-state index in [4.69, 9.17) is 5.73 Å². The van der Waals surface area contributed by atoms with E-state index in [1.54, 1.807) is 0 Å². The average Bonchev–Trinajstić information content (AvgIpc) is 2.68. The van der Waals surface area contributed by atoms with Gasteiger partial charge in [-0.3, -0.25) is 4.79 Å². The molecule has 0 radical (unpaired) electrons. The number of nitrogens with two attached hydrogens (primary N) is 1. The van der Waals surface area contributed by atoms with Crippen LogP contribution >= 0.6 is 0 Å². The summed E-state index contributed by atoms with van der Waals surface area (Å²) in [5.74, 6) is 1.06. The monoisotopic (exact) mass is 224 g/mol. The van der Waals surface area contributed by atoms with E-state index >= 15 is 0 Å². The maximum Gasteiger partial charge on any atom is 0.223 e. The minimum absolute atomic E-state index is 0.175. The molecule has 1 amide bonds. The van der Waals surface area contributed by atoms with E-state index < -0.39 is 0 Å². The van der Waals surface area contributed by atoms with Crippen LogP contribution in [0.5, 0.6) is 0 Å².